The lowest BCUT2D eigenvalue weighted by Crippen LogP contribution is -2.30. The Kier molecular flexibility index (Phi) is 5.57. The average molecular weight is 342 g/mol. The van der Waals surface area contributed by atoms with Gasteiger partial charge in [0.15, 0.2) is 0 Å². The van der Waals surface area contributed by atoms with Crippen LogP contribution in [0.3, 0.4) is 0 Å². The molecule has 1 saturated heterocycles. The third-order valence-corrected chi connectivity index (χ3v) is 4.31. The van der Waals surface area contributed by atoms with Crippen molar-refractivity contribution in [3.05, 3.63) is 34.3 Å². The van der Waals surface area contributed by atoms with Gasteiger partial charge in [-0.2, -0.15) is 0 Å². The molecule has 2 atom stereocenters. The van der Waals surface area contributed by atoms with E-state index in [2.05, 4.69) is 20.8 Å². The van der Waals surface area contributed by atoms with Gasteiger partial charge >= 0.3 is 5.97 Å². The minimum Gasteiger partial charge on any atom is -0.465 e. The van der Waals surface area contributed by atoms with Crippen LogP contribution in [0.1, 0.15) is 24.4 Å². The zero-order valence-corrected chi connectivity index (χ0v) is 13.2. The molecule has 1 heterocycles. The SMILES string of the molecule is CN(CCC1CCOC1=O)C(CO)c1cccc(Br)c1. The lowest BCUT2D eigenvalue weighted by molar-refractivity contribution is -0.141. The van der Waals surface area contributed by atoms with Crippen LogP contribution in [0.15, 0.2) is 28.7 Å². The van der Waals surface area contributed by atoms with Crippen LogP contribution in [0, 0.1) is 5.92 Å². The van der Waals surface area contributed by atoms with E-state index in [1.54, 1.807) is 0 Å². The second-order valence-electron chi connectivity index (χ2n) is 5.18. The molecule has 0 bridgehead atoms. The van der Waals surface area contributed by atoms with Gasteiger partial charge in [0.1, 0.15) is 0 Å². The number of benzene rings is 1. The summed E-state index contributed by atoms with van der Waals surface area (Å²) in [5.74, 6) is -0.0688. The van der Waals surface area contributed by atoms with Gasteiger partial charge < -0.3 is 9.84 Å². The van der Waals surface area contributed by atoms with Crippen molar-refractivity contribution in [3.8, 4) is 0 Å². The first-order chi connectivity index (χ1) is 9.61. The number of hydrogen-bond acceptors (Lipinski definition) is 4. The number of halogens is 1. The first-order valence-corrected chi connectivity index (χ1v) is 7.64. The Bertz CT molecular complexity index is 466. The van der Waals surface area contributed by atoms with Gasteiger partial charge in [-0.1, -0.05) is 28.1 Å². The zero-order valence-electron chi connectivity index (χ0n) is 11.6. The van der Waals surface area contributed by atoms with Crippen molar-refractivity contribution >= 4 is 21.9 Å². The summed E-state index contributed by atoms with van der Waals surface area (Å²) >= 11 is 3.45. The van der Waals surface area contributed by atoms with Gasteiger partial charge in [0.05, 0.1) is 25.2 Å². The van der Waals surface area contributed by atoms with Crippen LogP contribution >= 0.6 is 15.9 Å². The molecule has 4 nitrogen and oxygen atoms in total. The second kappa shape index (κ2) is 7.20. The predicted molar refractivity (Wildman–Crippen MR) is 80.3 cm³/mol. The van der Waals surface area contributed by atoms with Crippen molar-refractivity contribution in [1.82, 2.24) is 4.90 Å². The molecule has 5 heteroatoms. The lowest BCUT2D eigenvalue weighted by Gasteiger charge is -2.27. The number of carbonyl (C=O) groups is 1. The maximum absolute atomic E-state index is 11.4. The fourth-order valence-electron chi connectivity index (χ4n) is 2.53. The van der Waals surface area contributed by atoms with Gasteiger partial charge in [0.2, 0.25) is 0 Å². The summed E-state index contributed by atoms with van der Waals surface area (Å²) in [7, 11) is 1.97. The van der Waals surface area contributed by atoms with Crippen LogP contribution in [-0.4, -0.2) is 42.8 Å². The monoisotopic (exact) mass is 341 g/mol. The first-order valence-electron chi connectivity index (χ1n) is 6.85. The number of cyclic esters (lactones) is 1. The molecule has 0 amide bonds. The van der Waals surface area contributed by atoms with E-state index in [0.29, 0.717) is 6.61 Å². The maximum Gasteiger partial charge on any atom is 0.309 e. The molecule has 1 aromatic rings. The van der Waals surface area contributed by atoms with Gasteiger partial charge in [0, 0.05) is 4.47 Å². The minimum absolute atomic E-state index is 0.0132. The van der Waals surface area contributed by atoms with Crippen LogP contribution in [0.2, 0.25) is 0 Å². The molecule has 0 aliphatic carbocycles. The maximum atomic E-state index is 11.4. The van der Waals surface area contributed by atoms with E-state index in [1.165, 1.54) is 0 Å². The number of rotatable bonds is 6. The van der Waals surface area contributed by atoms with Crippen molar-refractivity contribution < 1.29 is 14.6 Å². The highest BCUT2D eigenvalue weighted by atomic mass is 79.9. The van der Waals surface area contributed by atoms with Crippen LogP contribution < -0.4 is 0 Å². The molecule has 1 aliphatic rings. The number of nitrogens with zero attached hydrogens (tertiary/aromatic N) is 1. The Morgan fingerprint density at radius 3 is 2.95 bits per heavy atom. The van der Waals surface area contributed by atoms with Crippen molar-refractivity contribution in [2.45, 2.75) is 18.9 Å². The quantitative estimate of drug-likeness (QED) is 0.807. The summed E-state index contributed by atoms with van der Waals surface area (Å²) in [5, 5.41) is 9.64. The second-order valence-corrected chi connectivity index (χ2v) is 6.09. The molecule has 2 unspecified atom stereocenters. The highest BCUT2D eigenvalue weighted by molar-refractivity contribution is 9.10. The minimum atomic E-state index is -0.0820. The fourth-order valence-corrected chi connectivity index (χ4v) is 2.95. The number of aliphatic hydroxyl groups is 1. The molecule has 1 aliphatic heterocycles. The molecule has 2 rings (SSSR count). The summed E-state index contributed by atoms with van der Waals surface area (Å²) < 4.78 is 5.97. The summed E-state index contributed by atoms with van der Waals surface area (Å²) in [6.07, 6.45) is 1.59. The number of aliphatic hydroxyl groups excluding tert-OH is 1. The van der Waals surface area contributed by atoms with Crippen LogP contribution in [0.4, 0.5) is 0 Å². The summed E-state index contributed by atoms with van der Waals surface area (Å²) in [6, 6.07) is 7.90. The number of ether oxygens (including phenoxy) is 1. The molecule has 0 spiro atoms. The summed E-state index contributed by atoms with van der Waals surface area (Å²) in [5.41, 5.74) is 1.07. The third kappa shape index (κ3) is 3.81. The van der Waals surface area contributed by atoms with E-state index in [0.717, 1.165) is 29.4 Å². The molecule has 1 N–H and O–H groups in total. The Labute approximate surface area is 127 Å². The van der Waals surface area contributed by atoms with E-state index < -0.39 is 0 Å². The van der Waals surface area contributed by atoms with Crippen molar-refractivity contribution in [1.29, 1.82) is 0 Å². The number of likely N-dealkylation sites (N-methyl/N-ethyl adjacent to an activating group) is 1. The highest BCUT2D eigenvalue weighted by Gasteiger charge is 2.27. The molecular formula is C15H20BrNO3. The van der Waals surface area contributed by atoms with E-state index in [-0.39, 0.29) is 24.5 Å². The van der Waals surface area contributed by atoms with Crippen LogP contribution in [0.5, 0.6) is 0 Å². The number of esters is 1. The molecule has 0 radical (unpaired) electrons. The Balaban J connectivity index is 1.95. The molecule has 20 heavy (non-hydrogen) atoms. The first kappa shape index (κ1) is 15.5. The van der Waals surface area contributed by atoms with E-state index in [9.17, 15) is 9.90 Å². The number of hydrogen-bond donors (Lipinski definition) is 1. The van der Waals surface area contributed by atoms with Gasteiger partial charge in [-0.05, 0) is 44.1 Å². The zero-order chi connectivity index (χ0) is 14.5. The Morgan fingerprint density at radius 2 is 2.35 bits per heavy atom. The highest BCUT2D eigenvalue weighted by Crippen LogP contribution is 2.24. The molecular weight excluding hydrogens is 322 g/mol. The van der Waals surface area contributed by atoms with E-state index in [1.807, 2.05) is 31.3 Å². The van der Waals surface area contributed by atoms with Crippen LogP contribution in [-0.2, 0) is 9.53 Å². The van der Waals surface area contributed by atoms with Crippen LogP contribution in [0.25, 0.3) is 0 Å². The smallest absolute Gasteiger partial charge is 0.309 e. The largest absolute Gasteiger partial charge is 0.465 e. The van der Waals surface area contributed by atoms with Gasteiger partial charge in [-0.25, -0.2) is 0 Å². The van der Waals surface area contributed by atoms with Gasteiger partial charge in [-0.15, -0.1) is 0 Å². The third-order valence-electron chi connectivity index (χ3n) is 3.81. The van der Waals surface area contributed by atoms with E-state index >= 15 is 0 Å². The van der Waals surface area contributed by atoms with Crippen molar-refractivity contribution in [2.75, 3.05) is 26.8 Å². The van der Waals surface area contributed by atoms with Gasteiger partial charge in [-0.3, -0.25) is 9.69 Å². The lowest BCUT2D eigenvalue weighted by atomic mass is 10.0. The molecule has 0 aromatic heterocycles. The Hall–Kier alpha value is -0.910. The van der Waals surface area contributed by atoms with Crippen molar-refractivity contribution in [3.63, 3.8) is 0 Å². The standard InChI is InChI=1S/C15H20BrNO3/c1-17(7-5-11-6-8-20-15(11)19)14(10-18)12-3-2-4-13(16)9-12/h2-4,9,11,14,18H,5-8,10H2,1H3. The van der Waals surface area contributed by atoms with E-state index in [4.69, 9.17) is 4.74 Å². The molecule has 1 fully saturated rings. The Morgan fingerprint density at radius 1 is 1.55 bits per heavy atom. The summed E-state index contributed by atoms with van der Waals surface area (Å²) in [4.78, 5) is 13.5. The number of carbonyl (C=O) groups excluding carboxylic acids is 1. The average Bonchev–Trinajstić information content (AvgIpc) is 2.83. The molecule has 110 valence electrons. The predicted octanol–water partition coefficient (Wildman–Crippen LogP) is 2.37. The molecule has 1 aromatic carbocycles. The fraction of sp³-hybridized carbons (Fsp3) is 0.533. The molecule has 0 saturated carbocycles. The topological polar surface area (TPSA) is 49.8 Å². The van der Waals surface area contributed by atoms with Gasteiger partial charge in [0.25, 0.3) is 0 Å². The normalized spacial score (nSPS) is 20.2. The van der Waals surface area contributed by atoms with Crippen molar-refractivity contribution in [2.24, 2.45) is 5.92 Å². The summed E-state index contributed by atoms with van der Waals surface area (Å²) in [6.45, 7) is 1.36.